The molecule has 1 aromatic carbocycles. The minimum atomic E-state index is -4.71. The van der Waals surface area contributed by atoms with E-state index in [1.807, 2.05) is 5.43 Å². The van der Waals surface area contributed by atoms with Crippen LogP contribution >= 0.6 is 11.6 Å². The first-order valence-corrected chi connectivity index (χ1v) is 7.49. The zero-order chi connectivity index (χ0) is 16.4. The molecule has 0 aromatic heterocycles. The summed E-state index contributed by atoms with van der Waals surface area (Å²) >= 11 is 5.61. The third kappa shape index (κ3) is 4.58. The van der Waals surface area contributed by atoms with Crippen molar-refractivity contribution in [2.24, 2.45) is 5.92 Å². The Hall–Kier alpha value is -1.32. The second-order valence-electron chi connectivity index (χ2n) is 4.39. The lowest BCUT2D eigenvalue weighted by molar-refractivity contribution is -0.137. The van der Waals surface area contributed by atoms with Crippen LogP contribution in [0.2, 0.25) is 5.02 Å². The summed E-state index contributed by atoms with van der Waals surface area (Å²) in [5, 5.41) is -0.394. The molecule has 118 valence electrons. The molecule has 0 aliphatic rings. The Morgan fingerprint density at radius 1 is 1.29 bits per heavy atom. The summed E-state index contributed by atoms with van der Waals surface area (Å²) in [4.78, 5) is 12.2. The van der Waals surface area contributed by atoms with Crippen molar-refractivity contribution >= 4 is 27.5 Å². The smallest absolute Gasteiger partial charge is 0.277 e. The molecular formula is C11H12ClF3N2O3S. The lowest BCUT2D eigenvalue weighted by Gasteiger charge is -2.13. The molecule has 0 bridgehead atoms. The Labute approximate surface area is 124 Å². The summed E-state index contributed by atoms with van der Waals surface area (Å²) in [7, 11) is -4.42. The van der Waals surface area contributed by atoms with Gasteiger partial charge < -0.3 is 0 Å². The van der Waals surface area contributed by atoms with E-state index in [2.05, 4.69) is 0 Å². The Morgan fingerprint density at radius 3 is 2.33 bits per heavy atom. The third-order valence-electron chi connectivity index (χ3n) is 2.38. The molecule has 0 aliphatic carbocycles. The Bertz CT molecular complexity index is 645. The average molecular weight is 345 g/mol. The van der Waals surface area contributed by atoms with Gasteiger partial charge in [-0.25, -0.2) is 8.42 Å². The molecule has 0 radical (unpaired) electrons. The monoisotopic (exact) mass is 344 g/mol. The van der Waals surface area contributed by atoms with Gasteiger partial charge >= 0.3 is 6.18 Å². The van der Waals surface area contributed by atoms with E-state index in [0.29, 0.717) is 12.1 Å². The minimum absolute atomic E-state index is 0.394. The molecule has 2 N–H and O–H groups in total. The quantitative estimate of drug-likeness (QED) is 0.823. The highest BCUT2D eigenvalue weighted by Crippen LogP contribution is 2.33. The van der Waals surface area contributed by atoms with E-state index in [-0.39, 0.29) is 0 Å². The van der Waals surface area contributed by atoms with E-state index < -0.39 is 43.5 Å². The number of carbonyl (C=O) groups excluding carboxylic acids is 1. The van der Waals surface area contributed by atoms with Crippen molar-refractivity contribution in [1.29, 1.82) is 0 Å². The van der Waals surface area contributed by atoms with Crippen LogP contribution in [0.4, 0.5) is 13.2 Å². The molecule has 0 saturated carbocycles. The summed E-state index contributed by atoms with van der Waals surface area (Å²) in [5.74, 6) is -1.15. The number of nitrogens with one attached hydrogen (secondary N) is 2. The molecule has 5 nitrogen and oxygen atoms in total. The number of benzene rings is 1. The molecule has 1 amide bonds. The van der Waals surface area contributed by atoms with Crippen LogP contribution in [0, 0.1) is 5.92 Å². The number of hydrogen-bond donors (Lipinski definition) is 2. The van der Waals surface area contributed by atoms with Crippen LogP contribution in [0.15, 0.2) is 23.1 Å². The highest BCUT2D eigenvalue weighted by molar-refractivity contribution is 7.89. The molecular weight excluding hydrogens is 333 g/mol. The predicted octanol–water partition coefficient (Wildman–Crippen LogP) is 2.32. The van der Waals surface area contributed by atoms with Crippen LogP contribution in [-0.2, 0) is 21.0 Å². The molecule has 10 heteroatoms. The fourth-order valence-electron chi connectivity index (χ4n) is 1.20. The number of hydrogen-bond acceptors (Lipinski definition) is 3. The van der Waals surface area contributed by atoms with Gasteiger partial charge in [-0.3, -0.25) is 10.2 Å². The van der Waals surface area contributed by atoms with Crippen LogP contribution in [0.1, 0.15) is 19.4 Å². The molecule has 0 atom stereocenters. The third-order valence-corrected chi connectivity index (χ3v) is 4.11. The standard InChI is InChI=1S/C11H12ClF3N2O3S/c1-6(2)10(18)16-17-21(19,20)9-5-7(11(13,14)15)3-4-8(9)12/h3-6,17H,1-2H3,(H,16,18). The first-order valence-electron chi connectivity index (χ1n) is 5.63. The first-order chi connectivity index (χ1) is 9.45. The number of alkyl halides is 3. The Balaban J connectivity index is 3.11. The maximum Gasteiger partial charge on any atom is 0.416 e. The van der Waals surface area contributed by atoms with Crippen molar-refractivity contribution in [3.05, 3.63) is 28.8 Å². The molecule has 21 heavy (non-hydrogen) atoms. The van der Waals surface area contributed by atoms with Crippen LogP contribution in [0.25, 0.3) is 0 Å². The van der Waals surface area contributed by atoms with Gasteiger partial charge in [0.2, 0.25) is 5.91 Å². The second kappa shape index (κ2) is 6.20. The van der Waals surface area contributed by atoms with Crippen molar-refractivity contribution < 1.29 is 26.4 Å². The molecule has 0 fully saturated rings. The van der Waals surface area contributed by atoms with Crippen LogP contribution in [-0.4, -0.2) is 14.3 Å². The predicted molar refractivity (Wildman–Crippen MR) is 69.8 cm³/mol. The van der Waals surface area contributed by atoms with Gasteiger partial charge in [-0.05, 0) is 18.2 Å². The van der Waals surface area contributed by atoms with Gasteiger partial charge in [0.1, 0.15) is 4.90 Å². The van der Waals surface area contributed by atoms with Gasteiger partial charge in [0, 0.05) is 5.92 Å². The summed E-state index contributed by atoms with van der Waals surface area (Å²) < 4.78 is 61.5. The van der Waals surface area contributed by atoms with Crippen LogP contribution < -0.4 is 10.3 Å². The maximum atomic E-state index is 12.6. The number of sulfonamides is 1. The van der Waals surface area contributed by atoms with Crippen molar-refractivity contribution in [3.63, 3.8) is 0 Å². The van der Waals surface area contributed by atoms with Gasteiger partial charge in [0.15, 0.2) is 0 Å². The van der Waals surface area contributed by atoms with Crippen LogP contribution in [0.5, 0.6) is 0 Å². The van der Waals surface area contributed by atoms with E-state index >= 15 is 0 Å². The first kappa shape index (κ1) is 17.7. The van der Waals surface area contributed by atoms with Gasteiger partial charge in [-0.15, -0.1) is 4.83 Å². The molecule has 0 saturated heterocycles. The largest absolute Gasteiger partial charge is 0.416 e. The fraction of sp³-hybridized carbons (Fsp3) is 0.364. The van der Waals surface area contributed by atoms with Gasteiger partial charge in [0.25, 0.3) is 10.0 Å². The van der Waals surface area contributed by atoms with E-state index in [9.17, 15) is 26.4 Å². The van der Waals surface area contributed by atoms with Crippen molar-refractivity contribution in [1.82, 2.24) is 10.3 Å². The second-order valence-corrected chi connectivity index (χ2v) is 6.45. The SMILES string of the molecule is CC(C)C(=O)NNS(=O)(=O)c1cc(C(F)(F)F)ccc1Cl. The Morgan fingerprint density at radius 2 is 1.86 bits per heavy atom. The lowest BCUT2D eigenvalue weighted by Crippen LogP contribution is -2.43. The molecule has 1 aromatic rings. The minimum Gasteiger partial charge on any atom is -0.277 e. The summed E-state index contributed by atoms with van der Waals surface area (Å²) in [5.41, 5.74) is 0.725. The Kier molecular flexibility index (Phi) is 5.24. The highest BCUT2D eigenvalue weighted by Gasteiger charge is 2.32. The summed E-state index contributed by atoms with van der Waals surface area (Å²) in [6.45, 7) is 3.03. The molecule has 0 heterocycles. The van der Waals surface area contributed by atoms with Gasteiger partial charge in [-0.1, -0.05) is 25.4 Å². The van der Waals surface area contributed by atoms with E-state index in [1.54, 1.807) is 4.83 Å². The van der Waals surface area contributed by atoms with E-state index in [4.69, 9.17) is 11.6 Å². The zero-order valence-electron chi connectivity index (χ0n) is 11.0. The van der Waals surface area contributed by atoms with E-state index in [1.165, 1.54) is 13.8 Å². The van der Waals surface area contributed by atoms with Crippen molar-refractivity contribution in [2.75, 3.05) is 0 Å². The highest BCUT2D eigenvalue weighted by atomic mass is 35.5. The number of amides is 1. The van der Waals surface area contributed by atoms with Crippen LogP contribution in [0.3, 0.4) is 0 Å². The summed E-state index contributed by atoms with van der Waals surface area (Å²) in [6, 6.07) is 1.88. The molecule has 1 rings (SSSR count). The summed E-state index contributed by atoms with van der Waals surface area (Å²) in [6.07, 6.45) is -4.71. The molecule has 0 aliphatic heterocycles. The molecule has 0 unspecified atom stereocenters. The lowest BCUT2D eigenvalue weighted by atomic mass is 10.2. The van der Waals surface area contributed by atoms with Crippen molar-refractivity contribution in [2.45, 2.75) is 24.9 Å². The number of carbonyl (C=O) groups is 1. The van der Waals surface area contributed by atoms with Crippen molar-refractivity contribution in [3.8, 4) is 0 Å². The topological polar surface area (TPSA) is 75.3 Å². The maximum absolute atomic E-state index is 12.6. The van der Waals surface area contributed by atoms with Gasteiger partial charge in [-0.2, -0.15) is 13.2 Å². The number of rotatable bonds is 4. The van der Waals surface area contributed by atoms with Gasteiger partial charge in [0.05, 0.1) is 10.6 Å². The fourth-order valence-corrected chi connectivity index (χ4v) is 2.58. The molecule has 0 spiro atoms. The zero-order valence-corrected chi connectivity index (χ0v) is 12.5. The average Bonchev–Trinajstić information content (AvgIpc) is 2.34. The van der Waals surface area contributed by atoms with E-state index in [0.717, 1.165) is 6.07 Å². The normalized spacial score (nSPS) is 12.5. The number of halogens is 4. The number of hydrazine groups is 1.